The molecule has 0 aromatic heterocycles. The minimum atomic E-state index is -0.265. The second kappa shape index (κ2) is 5.54. The predicted octanol–water partition coefficient (Wildman–Crippen LogP) is 3.48. The molecule has 96 valence electrons. The van der Waals surface area contributed by atoms with Crippen LogP contribution >= 0.6 is 0 Å². The molecule has 0 heterocycles. The summed E-state index contributed by atoms with van der Waals surface area (Å²) in [5.41, 5.74) is 2.09. The molecule has 1 rings (SSSR count). The summed E-state index contributed by atoms with van der Waals surface area (Å²) in [6.45, 7) is 8.56. The highest BCUT2D eigenvalue weighted by Gasteiger charge is 2.24. The van der Waals surface area contributed by atoms with E-state index in [9.17, 15) is 5.11 Å². The van der Waals surface area contributed by atoms with Gasteiger partial charge >= 0.3 is 0 Å². The van der Waals surface area contributed by atoms with Crippen molar-refractivity contribution in [3.8, 4) is 5.75 Å². The Morgan fingerprint density at radius 3 is 2.47 bits per heavy atom. The van der Waals surface area contributed by atoms with E-state index < -0.39 is 0 Å². The van der Waals surface area contributed by atoms with E-state index >= 15 is 0 Å². The molecule has 1 aromatic rings. The van der Waals surface area contributed by atoms with E-state index in [2.05, 4.69) is 32.0 Å². The Morgan fingerprint density at radius 2 is 2.00 bits per heavy atom. The molecule has 0 saturated heterocycles. The van der Waals surface area contributed by atoms with Crippen molar-refractivity contribution in [3.05, 3.63) is 29.3 Å². The SMILES string of the molecule is CCC(C)c1ccc(C(C)(C)CO)c(OC)c1. The lowest BCUT2D eigenvalue weighted by atomic mass is 9.83. The van der Waals surface area contributed by atoms with E-state index in [0.717, 1.165) is 17.7 Å². The second-order valence-corrected chi connectivity index (χ2v) is 5.31. The summed E-state index contributed by atoms with van der Waals surface area (Å²) in [5.74, 6) is 1.41. The van der Waals surface area contributed by atoms with Crippen molar-refractivity contribution in [2.45, 2.75) is 45.4 Å². The zero-order valence-corrected chi connectivity index (χ0v) is 11.6. The van der Waals surface area contributed by atoms with E-state index in [-0.39, 0.29) is 12.0 Å². The number of methoxy groups -OCH3 is 1. The van der Waals surface area contributed by atoms with Gasteiger partial charge in [-0.1, -0.05) is 39.8 Å². The van der Waals surface area contributed by atoms with Crippen LogP contribution in [0, 0.1) is 0 Å². The minimum absolute atomic E-state index is 0.117. The molecule has 0 aliphatic rings. The third-order valence-electron chi connectivity index (χ3n) is 3.53. The van der Waals surface area contributed by atoms with Crippen LogP contribution in [-0.2, 0) is 5.41 Å². The van der Waals surface area contributed by atoms with Crippen LogP contribution in [0.5, 0.6) is 5.75 Å². The van der Waals surface area contributed by atoms with Crippen LogP contribution in [0.2, 0.25) is 0 Å². The molecule has 0 spiro atoms. The van der Waals surface area contributed by atoms with Gasteiger partial charge in [0.2, 0.25) is 0 Å². The highest BCUT2D eigenvalue weighted by atomic mass is 16.5. The molecular weight excluding hydrogens is 212 g/mol. The highest BCUT2D eigenvalue weighted by molar-refractivity contribution is 5.43. The average Bonchev–Trinajstić information content (AvgIpc) is 2.36. The molecule has 0 radical (unpaired) electrons. The number of benzene rings is 1. The average molecular weight is 236 g/mol. The fraction of sp³-hybridized carbons (Fsp3) is 0.600. The number of aliphatic hydroxyl groups excluding tert-OH is 1. The van der Waals surface area contributed by atoms with E-state index in [1.54, 1.807) is 7.11 Å². The lowest BCUT2D eigenvalue weighted by molar-refractivity contribution is 0.215. The van der Waals surface area contributed by atoms with Gasteiger partial charge in [-0.3, -0.25) is 0 Å². The van der Waals surface area contributed by atoms with Crippen LogP contribution in [0.15, 0.2) is 18.2 Å². The maximum atomic E-state index is 9.44. The topological polar surface area (TPSA) is 29.5 Å². The quantitative estimate of drug-likeness (QED) is 0.848. The molecule has 1 unspecified atom stereocenters. The number of ether oxygens (including phenoxy) is 1. The van der Waals surface area contributed by atoms with Crippen molar-refractivity contribution in [1.82, 2.24) is 0 Å². The molecule has 0 saturated carbocycles. The Kier molecular flexibility index (Phi) is 4.58. The molecule has 0 amide bonds. The zero-order chi connectivity index (χ0) is 13.1. The second-order valence-electron chi connectivity index (χ2n) is 5.31. The maximum Gasteiger partial charge on any atom is 0.122 e. The van der Waals surface area contributed by atoms with Gasteiger partial charge in [0.05, 0.1) is 13.7 Å². The Labute approximate surface area is 105 Å². The first-order valence-electron chi connectivity index (χ1n) is 6.25. The van der Waals surface area contributed by atoms with Crippen molar-refractivity contribution < 1.29 is 9.84 Å². The summed E-state index contributed by atoms with van der Waals surface area (Å²) in [7, 11) is 1.69. The third kappa shape index (κ3) is 3.01. The van der Waals surface area contributed by atoms with Gasteiger partial charge < -0.3 is 9.84 Å². The smallest absolute Gasteiger partial charge is 0.122 e. The molecular formula is C15H24O2. The van der Waals surface area contributed by atoms with Crippen LogP contribution in [0.3, 0.4) is 0 Å². The summed E-state index contributed by atoms with van der Waals surface area (Å²) in [6.07, 6.45) is 1.12. The summed E-state index contributed by atoms with van der Waals surface area (Å²) in [4.78, 5) is 0. The molecule has 1 N–H and O–H groups in total. The number of rotatable bonds is 5. The first-order chi connectivity index (χ1) is 7.96. The van der Waals surface area contributed by atoms with E-state index in [0.29, 0.717) is 5.92 Å². The van der Waals surface area contributed by atoms with Gasteiger partial charge in [-0.15, -0.1) is 0 Å². The third-order valence-corrected chi connectivity index (χ3v) is 3.53. The fourth-order valence-electron chi connectivity index (χ4n) is 1.89. The van der Waals surface area contributed by atoms with Crippen molar-refractivity contribution >= 4 is 0 Å². The van der Waals surface area contributed by atoms with E-state index in [1.807, 2.05) is 13.8 Å². The Balaban J connectivity index is 3.18. The molecule has 2 heteroatoms. The lowest BCUT2D eigenvalue weighted by Gasteiger charge is -2.25. The van der Waals surface area contributed by atoms with Crippen LogP contribution < -0.4 is 4.74 Å². The van der Waals surface area contributed by atoms with Gasteiger partial charge in [0.15, 0.2) is 0 Å². The number of hydrogen-bond acceptors (Lipinski definition) is 2. The van der Waals surface area contributed by atoms with Crippen LogP contribution in [0.4, 0.5) is 0 Å². The normalized spacial score (nSPS) is 13.5. The van der Waals surface area contributed by atoms with Crippen LogP contribution in [-0.4, -0.2) is 18.8 Å². The summed E-state index contributed by atoms with van der Waals surface area (Å²) in [5, 5.41) is 9.44. The molecule has 0 fully saturated rings. The van der Waals surface area contributed by atoms with Gasteiger partial charge in [0.1, 0.15) is 5.75 Å². The fourth-order valence-corrected chi connectivity index (χ4v) is 1.89. The molecule has 0 aliphatic heterocycles. The van der Waals surface area contributed by atoms with Gasteiger partial charge in [0.25, 0.3) is 0 Å². The van der Waals surface area contributed by atoms with Crippen molar-refractivity contribution in [2.75, 3.05) is 13.7 Å². The molecule has 2 nitrogen and oxygen atoms in total. The maximum absolute atomic E-state index is 9.44. The van der Waals surface area contributed by atoms with Crippen LogP contribution in [0.25, 0.3) is 0 Å². The van der Waals surface area contributed by atoms with Crippen LogP contribution in [0.1, 0.15) is 51.2 Å². The Bertz CT molecular complexity index is 369. The summed E-state index contributed by atoms with van der Waals surface area (Å²) >= 11 is 0. The van der Waals surface area contributed by atoms with Gasteiger partial charge in [-0.2, -0.15) is 0 Å². The summed E-state index contributed by atoms with van der Waals surface area (Å²) < 4.78 is 5.46. The number of aliphatic hydroxyl groups is 1. The van der Waals surface area contributed by atoms with E-state index in [1.165, 1.54) is 5.56 Å². The number of hydrogen-bond donors (Lipinski definition) is 1. The molecule has 1 aromatic carbocycles. The first kappa shape index (κ1) is 14.0. The van der Waals surface area contributed by atoms with Gasteiger partial charge in [-0.25, -0.2) is 0 Å². The Hall–Kier alpha value is -1.02. The van der Waals surface area contributed by atoms with Crippen molar-refractivity contribution in [2.24, 2.45) is 0 Å². The Morgan fingerprint density at radius 1 is 1.35 bits per heavy atom. The first-order valence-corrected chi connectivity index (χ1v) is 6.25. The standard InChI is InChI=1S/C15H24O2/c1-6-11(2)12-7-8-13(14(9-12)17-5)15(3,4)10-16/h7-9,11,16H,6,10H2,1-5H3. The molecule has 0 aliphatic carbocycles. The molecule has 0 bridgehead atoms. The lowest BCUT2D eigenvalue weighted by Crippen LogP contribution is -2.23. The van der Waals surface area contributed by atoms with Gasteiger partial charge in [-0.05, 0) is 24.0 Å². The zero-order valence-electron chi connectivity index (χ0n) is 11.6. The van der Waals surface area contributed by atoms with Crippen molar-refractivity contribution in [1.29, 1.82) is 0 Å². The highest BCUT2D eigenvalue weighted by Crippen LogP contribution is 2.34. The molecule has 17 heavy (non-hydrogen) atoms. The summed E-state index contributed by atoms with van der Waals surface area (Å²) in [6, 6.07) is 6.32. The minimum Gasteiger partial charge on any atom is -0.496 e. The van der Waals surface area contributed by atoms with Gasteiger partial charge in [0, 0.05) is 11.0 Å². The molecule has 1 atom stereocenters. The predicted molar refractivity (Wildman–Crippen MR) is 71.8 cm³/mol. The van der Waals surface area contributed by atoms with Crippen molar-refractivity contribution in [3.63, 3.8) is 0 Å². The van der Waals surface area contributed by atoms with E-state index in [4.69, 9.17) is 4.74 Å². The largest absolute Gasteiger partial charge is 0.496 e. The monoisotopic (exact) mass is 236 g/mol.